The Balaban J connectivity index is 1.57. The van der Waals surface area contributed by atoms with Crippen LogP contribution in [0.15, 0.2) is 89.1 Å². The highest BCUT2D eigenvalue weighted by Crippen LogP contribution is 2.34. The fraction of sp³-hybridized carbons (Fsp3) is 0.174. The Labute approximate surface area is 174 Å². The monoisotopic (exact) mass is 403 g/mol. The van der Waals surface area contributed by atoms with Gasteiger partial charge in [-0.1, -0.05) is 60.3 Å². The average Bonchev–Trinajstić information content (AvgIpc) is 3.24. The van der Waals surface area contributed by atoms with Crippen molar-refractivity contribution in [2.75, 3.05) is 12.9 Å². The van der Waals surface area contributed by atoms with E-state index in [1.54, 1.807) is 18.3 Å². The van der Waals surface area contributed by atoms with Crippen molar-refractivity contribution in [3.8, 4) is 5.75 Å². The van der Waals surface area contributed by atoms with E-state index in [9.17, 15) is 4.79 Å². The van der Waals surface area contributed by atoms with Crippen molar-refractivity contribution in [2.24, 2.45) is 5.10 Å². The zero-order chi connectivity index (χ0) is 20.1. The topological polar surface area (TPSA) is 54.8 Å². The first-order valence-electron chi connectivity index (χ1n) is 9.37. The Kier molecular flexibility index (Phi) is 5.91. The van der Waals surface area contributed by atoms with Gasteiger partial charge in [-0.05, 0) is 35.4 Å². The Morgan fingerprint density at radius 1 is 1.07 bits per heavy atom. The highest BCUT2D eigenvalue weighted by molar-refractivity contribution is 7.99. The summed E-state index contributed by atoms with van der Waals surface area (Å²) in [6.07, 6.45) is 2.41. The first-order chi connectivity index (χ1) is 14.2. The molecule has 0 saturated carbocycles. The van der Waals surface area contributed by atoms with Crippen LogP contribution >= 0.6 is 11.8 Å². The lowest BCUT2D eigenvalue weighted by Gasteiger charge is -2.22. The van der Waals surface area contributed by atoms with Crippen molar-refractivity contribution in [1.29, 1.82) is 0 Å². The van der Waals surface area contributed by atoms with Crippen molar-refractivity contribution in [1.82, 2.24) is 9.99 Å². The molecule has 1 aliphatic rings. The lowest BCUT2D eigenvalue weighted by molar-refractivity contribution is -0.130. The second-order valence-corrected chi connectivity index (χ2v) is 7.60. The Morgan fingerprint density at radius 3 is 2.52 bits per heavy atom. The second kappa shape index (κ2) is 8.92. The zero-order valence-electron chi connectivity index (χ0n) is 16.1. The predicted octanol–water partition coefficient (Wildman–Crippen LogP) is 4.56. The van der Waals surface area contributed by atoms with Crippen LogP contribution in [0.4, 0.5) is 0 Å². The predicted molar refractivity (Wildman–Crippen MR) is 115 cm³/mol. The lowest BCUT2D eigenvalue weighted by Crippen LogP contribution is -2.28. The summed E-state index contributed by atoms with van der Waals surface area (Å²) in [5, 5.41) is 7.16. The molecule has 3 aromatic rings. The molecule has 1 unspecified atom stereocenters. The summed E-state index contributed by atoms with van der Waals surface area (Å²) in [7, 11) is 1.64. The summed E-state index contributed by atoms with van der Waals surface area (Å²) in [6, 6.07) is 23.4. The first kappa shape index (κ1) is 19.2. The molecule has 0 saturated heterocycles. The van der Waals surface area contributed by atoms with Crippen molar-refractivity contribution in [3.63, 3.8) is 0 Å². The summed E-state index contributed by atoms with van der Waals surface area (Å²) >= 11 is 1.42. The van der Waals surface area contributed by atoms with Gasteiger partial charge in [0.2, 0.25) is 0 Å². The molecule has 2 aromatic carbocycles. The molecule has 0 fully saturated rings. The molecule has 6 heteroatoms. The Hall–Kier alpha value is -3.12. The molecule has 1 amide bonds. The van der Waals surface area contributed by atoms with Crippen LogP contribution in [0.3, 0.4) is 0 Å². The minimum absolute atomic E-state index is 0.0348. The Morgan fingerprint density at radius 2 is 1.83 bits per heavy atom. The molecule has 0 spiro atoms. The Bertz CT molecular complexity index is 992. The van der Waals surface area contributed by atoms with E-state index in [0.29, 0.717) is 6.42 Å². The summed E-state index contributed by atoms with van der Waals surface area (Å²) in [6.45, 7) is 0. The van der Waals surface area contributed by atoms with Gasteiger partial charge in [0.15, 0.2) is 0 Å². The van der Waals surface area contributed by atoms with E-state index in [0.717, 1.165) is 27.6 Å². The van der Waals surface area contributed by atoms with Gasteiger partial charge in [0.25, 0.3) is 5.91 Å². The molecule has 0 N–H and O–H groups in total. The molecule has 0 bridgehead atoms. The zero-order valence-corrected chi connectivity index (χ0v) is 16.9. The third kappa shape index (κ3) is 4.49. The largest absolute Gasteiger partial charge is 0.497 e. The quantitative estimate of drug-likeness (QED) is 0.566. The van der Waals surface area contributed by atoms with Crippen LogP contribution in [-0.4, -0.2) is 34.5 Å². The van der Waals surface area contributed by atoms with Crippen LogP contribution in [0.5, 0.6) is 5.75 Å². The smallest absolute Gasteiger partial charge is 0.253 e. The molecule has 1 aliphatic heterocycles. The highest BCUT2D eigenvalue weighted by atomic mass is 32.2. The molecule has 1 atom stereocenters. The normalized spacial score (nSPS) is 15.8. The molecular formula is C23H21N3O2S. The number of nitrogens with zero attached hydrogens (tertiary/aromatic N) is 3. The molecule has 0 aliphatic carbocycles. The number of aromatic nitrogens is 1. The maximum absolute atomic E-state index is 13.0. The highest BCUT2D eigenvalue weighted by Gasteiger charge is 2.33. The van der Waals surface area contributed by atoms with Crippen LogP contribution < -0.4 is 4.74 Å². The fourth-order valence-electron chi connectivity index (χ4n) is 3.27. The molecule has 4 rings (SSSR count). The average molecular weight is 404 g/mol. The third-order valence-electron chi connectivity index (χ3n) is 4.75. The number of rotatable bonds is 6. The van der Waals surface area contributed by atoms with Gasteiger partial charge >= 0.3 is 0 Å². The summed E-state index contributed by atoms with van der Waals surface area (Å²) < 4.78 is 5.26. The number of hydrogen-bond acceptors (Lipinski definition) is 5. The number of hydrogen-bond donors (Lipinski definition) is 0. The van der Waals surface area contributed by atoms with Crippen LogP contribution in [0, 0.1) is 0 Å². The number of carbonyl (C=O) groups is 1. The van der Waals surface area contributed by atoms with Crippen LogP contribution in [0.25, 0.3) is 0 Å². The standard InChI is InChI=1S/C23H21N3O2S/c1-28-19-12-10-18(11-13-19)21-15-20(17-7-3-2-4-8-17)25-26(21)23(27)16-29-22-9-5-6-14-24-22/h2-14,21H,15-16H2,1H3. The van der Waals surface area contributed by atoms with Gasteiger partial charge in [0, 0.05) is 12.6 Å². The number of hydrazone groups is 1. The van der Waals surface area contributed by atoms with Crippen molar-refractivity contribution in [2.45, 2.75) is 17.5 Å². The molecule has 1 aromatic heterocycles. The SMILES string of the molecule is COc1ccc(C2CC(c3ccccc3)=NN2C(=O)CSc2ccccn2)cc1. The van der Waals surface area contributed by atoms with E-state index in [4.69, 9.17) is 9.84 Å². The minimum Gasteiger partial charge on any atom is -0.497 e. The van der Waals surface area contributed by atoms with Gasteiger partial charge in [0.1, 0.15) is 5.75 Å². The third-order valence-corrected chi connectivity index (χ3v) is 5.68. The van der Waals surface area contributed by atoms with Gasteiger partial charge in [-0.2, -0.15) is 5.10 Å². The first-order valence-corrected chi connectivity index (χ1v) is 10.4. The summed E-state index contributed by atoms with van der Waals surface area (Å²) in [5.74, 6) is 1.04. The molecule has 2 heterocycles. The van der Waals surface area contributed by atoms with E-state index >= 15 is 0 Å². The summed E-state index contributed by atoms with van der Waals surface area (Å²) in [4.78, 5) is 17.3. The second-order valence-electron chi connectivity index (χ2n) is 6.60. The van der Waals surface area contributed by atoms with E-state index in [2.05, 4.69) is 4.98 Å². The van der Waals surface area contributed by atoms with E-state index in [1.165, 1.54) is 11.8 Å². The van der Waals surface area contributed by atoms with Crippen molar-refractivity contribution in [3.05, 3.63) is 90.1 Å². The molecular weight excluding hydrogens is 382 g/mol. The number of carbonyl (C=O) groups excluding carboxylic acids is 1. The van der Waals surface area contributed by atoms with Crippen LogP contribution in [0.2, 0.25) is 0 Å². The van der Waals surface area contributed by atoms with Crippen LogP contribution in [0.1, 0.15) is 23.6 Å². The maximum Gasteiger partial charge on any atom is 0.253 e. The number of benzene rings is 2. The van der Waals surface area contributed by atoms with Crippen LogP contribution in [-0.2, 0) is 4.79 Å². The van der Waals surface area contributed by atoms with E-state index in [1.807, 2.05) is 72.8 Å². The van der Waals surface area contributed by atoms with E-state index < -0.39 is 0 Å². The van der Waals surface area contributed by atoms with Crippen molar-refractivity contribution < 1.29 is 9.53 Å². The number of amides is 1. The minimum atomic E-state index is -0.132. The van der Waals surface area contributed by atoms with Gasteiger partial charge in [0.05, 0.1) is 29.6 Å². The van der Waals surface area contributed by atoms with E-state index in [-0.39, 0.29) is 17.7 Å². The van der Waals surface area contributed by atoms with Gasteiger partial charge in [-0.15, -0.1) is 0 Å². The summed E-state index contributed by atoms with van der Waals surface area (Å²) in [5.41, 5.74) is 3.00. The van der Waals surface area contributed by atoms with Crippen molar-refractivity contribution >= 4 is 23.4 Å². The number of thioether (sulfide) groups is 1. The molecule has 29 heavy (non-hydrogen) atoms. The number of ether oxygens (including phenoxy) is 1. The molecule has 5 nitrogen and oxygen atoms in total. The number of methoxy groups -OCH3 is 1. The van der Waals surface area contributed by atoms with Gasteiger partial charge < -0.3 is 4.74 Å². The van der Waals surface area contributed by atoms with Gasteiger partial charge in [-0.25, -0.2) is 9.99 Å². The number of pyridine rings is 1. The lowest BCUT2D eigenvalue weighted by atomic mass is 9.98. The van der Waals surface area contributed by atoms with Gasteiger partial charge in [-0.3, -0.25) is 4.79 Å². The fourth-order valence-corrected chi connectivity index (χ4v) is 3.98. The molecule has 146 valence electrons. The maximum atomic E-state index is 13.0. The molecule has 0 radical (unpaired) electrons.